The van der Waals surface area contributed by atoms with Crippen LogP contribution in [0.15, 0.2) is 12.1 Å². The van der Waals surface area contributed by atoms with Crippen LogP contribution in [0.1, 0.15) is 37.0 Å². The van der Waals surface area contributed by atoms with Gasteiger partial charge in [0, 0.05) is 18.2 Å². The number of benzene rings is 1. The Morgan fingerprint density at radius 2 is 1.73 bits per heavy atom. The summed E-state index contributed by atoms with van der Waals surface area (Å²) in [5.74, 6) is -1.40. The second-order valence-corrected chi connectivity index (χ2v) is 3.80. The highest BCUT2D eigenvalue weighted by Crippen LogP contribution is 2.25. The molecule has 0 saturated heterocycles. The Bertz CT molecular complexity index is 353. The van der Waals surface area contributed by atoms with Gasteiger partial charge in [-0.05, 0) is 17.5 Å². The molecule has 1 aromatic carbocycles. The fourth-order valence-corrected chi connectivity index (χ4v) is 1.41. The van der Waals surface area contributed by atoms with Crippen LogP contribution in [-0.4, -0.2) is 11.7 Å². The Morgan fingerprint density at radius 3 is 2.20 bits per heavy atom. The van der Waals surface area contributed by atoms with Crippen molar-refractivity contribution in [1.82, 2.24) is 0 Å². The van der Waals surface area contributed by atoms with Gasteiger partial charge < -0.3 is 10.8 Å². The highest BCUT2D eigenvalue weighted by Gasteiger charge is 2.16. The average molecular weight is 215 g/mol. The molecule has 1 atom stereocenters. The molecule has 0 fully saturated rings. The first-order valence-electron chi connectivity index (χ1n) is 4.84. The third-order valence-corrected chi connectivity index (χ3v) is 2.32. The topological polar surface area (TPSA) is 46.2 Å². The highest BCUT2D eigenvalue weighted by molar-refractivity contribution is 5.30. The minimum absolute atomic E-state index is 0.0580. The average Bonchev–Trinajstić information content (AvgIpc) is 2.16. The van der Waals surface area contributed by atoms with E-state index in [2.05, 4.69) is 0 Å². The molecule has 0 aliphatic carbocycles. The summed E-state index contributed by atoms with van der Waals surface area (Å²) in [6, 6.07) is 2.14. The van der Waals surface area contributed by atoms with Gasteiger partial charge in [0.1, 0.15) is 11.6 Å². The molecule has 0 aromatic heterocycles. The quantitative estimate of drug-likeness (QED) is 0.810. The van der Waals surface area contributed by atoms with E-state index in [9.17, 15) is 13.9 Å². The molecule has 0 aliphatic rings. The van der Waals surface area contributed by atoms with E-state index in [0.29, 0.717) is 5.56 Å². The fraction of sp³-hybridized carbons (Fsp3) is 0.455. The van der Waals surface area contributed by atoms with Crippen LogP contribution in [0.25, 0.3) is 0 Å². The Morgan fingerprint density at radius 1 is 1.20 bits per heavy atom. The number of aliphatic hydroxyl groups is 1. The van der Waals surface area contributed by atoms with Crippen LogP contribution in [0.4, 0.5) is 8.78 Å². The van der Waals surface area contributed by atoms with E-state index in [0.717, 1.165) is 6.07 Å². The molecule has 0 bridgehead atoms. The Balaban J connectivity index is 3.23. The van der Waals surface area contributed by atoms with Crippen LogP contribution in [0.5, 0.6) is 0 Å². The lowest BCUT2D eigenvalue weighted by Crippen LogP contribution is -2.14. The molecule has 0 aliphatic heterocycles. The van der Waals surface area contributed by atoms with Gasteiger partial charge in [0.2, 0.25) is 0 Å². The summed E-state index contributed by atoms with van der Waals surface area (Å²) in [5.41, 5.74) is 5.67. The van der Waals surface area contributed by atoms with E-state index < -0.39 is 17.7 Å². The van der Waals surface area contributed by atoms with Crippen LogP contribution >= 0.6 is 0 Å². The lowest BCUT2D eigenvalue weighted by Gasteiger charge is -2.14. The second kappa shape index (κ2) is 4.68. The van der Waals surface area contributed by atoms with Crippen LogP contribution in [-0.2, 0) is 0 Å². The summed E-state index contributed by atoms with van der Waals surface area (Å²) in [5, 5.41) is 9.42. The van der Waals surface area contributed by atoms with Crippen molar-refractivity contribution in [3.63, 3.8) is 0 Å². The molecule has 84 valence electrons. The van der Waals surface area contributed by atoms with Gasteiger partial charge in [-0.1, -0.05) is 13.8 Å². The van der Waals surface area contributed by atoms with Gasteiger partial charge in [-0.25, -0.2) is 8.78 Å². The molecule has 1 aromatic rings. The normalized spacial score (nSPS) is 13.3. The van der Waals surface area contributed by atoms with Crippen molar-refractivity contribution in [2.45, 2.75) is 25.9 Å². The van der Waals surface area contributed by atoms with E-state index in [1.54, 1.807) is 13.8 Å². The highest BCUT2D eigenvalue weighted by atomic mass is 19.1. The van der Waals surface area contributed by atoms with Gasteiger partial charge in [-0.3, -0.25) is 0 Å². The van der Waals surface area contributed by atoms with Crippen molar-refractivity contribution in [3.05, 3.63) is 34.9 Å². The zero-order valence-corrected chi connectivity index (χ0v) is 8.80. The monoisotopic (exact) mass is 215 g/mol. The van der Waals surface area contributed by atoms with Crippen molar-refractivity contribution >= 4 is 0 Å². The number of hydrogen-bond donors (Lipinski definition) is 2. The second-order valence-electron chi connectivity index (χ2n) is 3.80. The zero-order valence-electron chi connectivity index (χ0n) is 8.80. The summed E-state index contributed by atoms with van der Waals surface area (Å²) in [6.07, 6.45) is -1.08. The number of aliphatic hydroxyl groups excluding tert-OH is 1. The van der Waals surface area contributed by atoms with Crippen LogP contribution in [0, 0.1) is 11.6 Å². The number of halogens is 2. The van der Waals surface area contributed by atoms with Crippen molar-refractivity contribution in [2.24, 2.45) is 5.73 Å². The maximum Gasteiger partial charge on any atom is 0.131 e. The van der Waals surface area contributed by atoms with Gasteiger partial charge in [0.05, 0.1) is 6.10 Å². The molecule has 2 nitrogen and oxygen atoms in total. The maximum absolute atomic E-state index is 13.3. The van der Waals surface area contributed by atoms with E-state index in [1.807, 2.05) is 0 Å². The largest absolute Gasteiger partial charge is 0.387 e. The van der Waals surface area contributed by atoms with Crippen LogP contribution in [0.2, 0.25) is 0 Å². The smallest absolute Gasteiger partial charge is 0.131 e. The molecule has 0 spiro atoms. The maximum atomic E-state index is 13.3. The molecule has 15 heavy (non-hydrogen) atoms. The van der Waals surface area contributed by atoms with Gasteiger partial charge >= 0.3 is 0 Å². The predicted octanol–water partition coefficient (Wildman–Crippen LogP) is 2.08. The van der Waals surface area contributed by atoms with Crippen molar-refractivity contribution in [1.29, 1.82) is 0 Å². The summed E-state index contributed by atoms with van der Waals surface area (Å²) in [4.78, 5) is 0. The Kier molecular flexibility index (Phi) is 3.77. The minimum Gasteiger partial charge on any atom is -0.387 e. The summed E-state index contributed by atoms with van der Waals surface area (Å²) < 4.78 is 26.6. The molecule has 4 heteroatoms. The van der Waals surface area contributed by atoms with Crippen LogP contribution in [0.3, 0.4) is 0 Å². The van der Waals surface area contributed by atoms with E-state index in [1.165, 1.54) is 6.07 Å². The lowest BCUT2D eigenvalue weighted by atomic mass is 9.97. The van der Waals surface area contributed by atoms with E-state index in [-0.39, 0.29) is 18.0 Å². The van der Waals surface area contributed by atoms with Gasteiger partial charge in [-0.2, -0.15) is 0 Å². The molecule has 3 N–H and O–H groups in total. The molecule has 1 unspecified atom stereocenters. The molecule has 0 heterocycles. The van der Waals surface area contributed by atoms with Gasteiger partial charge in [0.15, 0.2) is 0 Å². The lowest BCUT2D eigenvalue weighted by molar-refractivity contribution is 0.181. The number of hydrogen-bond acceptors (Lipinski definition) is 2. The fourth-order valence-electron chi connectivity index (χ4n) is 1.41. The molecule has 0 amide bonds. The summed E-state index contributed by atoms with van der Waals surface area (Å²) >= 11 is 0. The molecular formula is C11H15F2NO. The van der Waals surface area contributed by atoms with Crippen molar-refractivity contribution in [2.75, 3.05) is 6.54 Å². The molecular weight excluding hydrogens is 200 g/mol. The predicted molar refractivity (Wildman–Crippen MR) is 54.5 cm³/mol. The molecule has 1 rings (SSSR count). The summed E-state index contributed by atoms with van der Waals surface area (Å²) in [7, 11) is 0. The molecule has 0 saturated carbocycles. The number of rotatable bonds is 3. The zero-order chi connectivity index (χ0) is 11.6. The molecule has 0 radical (unpaired) electrons. The van der Waals surface area contributed by atoms with Gasteiger partial charge in [0.25, 0.3) is 0 Å². The van der Waals surface area contributed by atoms with Gasteiger partial charge in [-0.15, -0.1) is 0 Å². The first-order chi connectivity index (χ1) is 6.97. The Labute approximate surface area is 87.7 Å². The Hall–Kier alpha value is -1.00. The third-order valence-electron chi connectivity index (χ3n) is 2.32. The number of nitrogens with two attached hydrogens (primary N) is 1. The standard InChI is InChI=1S/C11H15F2NO/c1-6(2)7-3-8(11(15)5-14)10(13)4-9(7)12/h3-4,6,11,15H,5,14H2,1-2H3. The van der Waals surface area contributed by atoms with E-state index >= 15 is 0 Å². The van der Waals surface area contributed by atoms with E-state index in [4.69, 9.17) is 5.73 Å². The van der Waals surface area contributed by atoms with Crippen LogP contribution < -0.4 is 5.73 Å². The first-order valence-corrected chi connectivity index (χ1v) is 4.84. The van der Waals surface area contributed by atoms with Crippen molar-refractivity contribution in [3.8, 4) is 0 Å². The first kappa shape index (κ1) is 12.1. The summed E-state index contributed by atoms with van der Waals surface area (Å²) in [6.45, 7) is 3.52. The third kappa shape index (κ3) is 2.52. The minimum atomic E-state index is -1.08. The SMILES string of the molecule is CC(C)c1cc(C(O)CN)c(F)cc1F. The van der Waals surface area contributed by atoms with Crippen molar-refractivity contribution < 1.29 is 13.9 Å².